The van der Waals surface area contributed by atoms with Crippen LogP contribution in [-0.4, -0.2) is 10.7 Å². The monoisotopic (exact) mass is 175 g/mol. The Morgan fingerprint density at radius 3 is 1.42 bits per heavy atom. The minimum Gasteiger partial charge on any atom is -0.390 e. The van der Waals surface area contributed by atoms with Gasteiger partial charge in [0.25, 0.3) is 0 Å². The molecule has 0 rings (SSSR count). The summed E-state index contributed by atoms with van der Waals surface area (Å²) >= 11 is 0. The van der Waals surface area contributed by atoms with E-state index in [2.05, 4.69) is 27.7 Å². The average molecular weight is 175 g/mol. The van der Waals surface area contributed by atoms with Crippen molar-refractivity contribution >= 4 is 0 Å². The van der Waals surface area contributed by atoms with E-state index in [9.17, 15) is 5.11 Å². The van der Waals surface area contributed by atoms with Crippen molar-refractivity contribution in [2.45, 2.75) is 59.0 Å². The zero-order valence-electron chi connectivity index (χ0n) is 9.06. The normalized spacial score (nSPS) is 11.5. The van der Waals surface area contributed by atoms with E-state index in [1.54, 1.807) is 0 Å². The molecule has 2 heteroatoms. The van der Waals surface area contributed by atoms with E-state index in [-0.39, 0.29) is 6.15 Å². The molecule has 76 valence electrons. The summed E-state index contributed by atoms with van der Waals surface area (Å²) in [6.45, 7) is 8.46. The van der Waals surface area contributed by atoms with Crippen LogP contribution < -0.4 is 6.15 Å². The summed E-state index contributed by atoms with van der Waals surface area (Å²) < 4.78 is 0. The number of rotatable bonds is 5. The fourth-order valence-corrected chi connectivity index (χ4v) is 1.88. The lowest BCUT2D eigenvalue weighted by molar-refractivity contribution is -0.0288. The predicted octanol–water partition coefficient (Wildman–Crippen LogP) is 3.14. The highest BCUT2D eigenvalue weighted by molar-refractivity contribution is 4.82. The Labute approximate surface area is 77.0 Å². The predicted molar refractivity (Wildman–Crippen MR) is 54.6 cm³/mol. The van der Waals surface area contributed by atoms with Crippen LogP contribution >= 0.6 is 0 Å². The second-order valence-corrected chi connectivity index (χ2v) is 3.32. The zero-order valence-corrected chi connectivity index (χ0v) is 9.06. The lowest BCUT2D eigenvalue weighted by Gasteiger charge is -2.33. The molecule has 0 spiro atoms. The minimum atomic E-state index is -0.399. The molecule has 0 aliphatic carbocycles. The van der Waals surface area contributed by atoms with Crippen molar-refractivity contribution in [3.8, 4) is 0 Å². The zero-order chi connectivity index (χ0) is 8.91. The molecule has 0 aromatic rings. The van der Waals surface area contributed by atoms with Crippen LogP contribution in [0.3, 0.4) is 0 Å². The Morgan fingerprint density at radius 1 is 1.00 bits per heavy atom. The molecule has 0 aromatic heterocycles. The molecule has 0 aliphatic rings. The van der Waals surface area contributed by atoms with Gasteiger partial charge in [0.1, 0.15) is 0 Å². The van der Waals surface area contributed by atoms with Crippen LogP contribution in [0.25, 0.3) is 0 Å². The second-order valence-electron chi connectivity index (χ2n) is 3.32. The number of hydrogen-bond donors (Lipinski definition) is 2. The topological polar surface area (TPSA) is 55.2 Å². The molecule has 4 N–H and O–H groups in total. The lowest BCUT2D eigenvalue weighted by atomic mass is 9.80. The molecule has 12 heavy (non-hydrogen) atoms. The van der Waals surface area contributed by atoms with Gasteiger partial charge in [0.2, 0.25) is 0 Å². The van der Waals surface area contributed by atoms with Crippen molar-refractivity contribution in [2.24, 2.45) is 5.92 Å². The number of hydrogen-bond acceptors (Lipinski definition) is 2. The third-order valence-electron chi connectivity index (χ3n) is 2.97. The first-order valence-electron chi connectivity index (χ1n) is 4.86. The van der Waals surface area contributed by atoms with E-state index in [0.717, 1.165) is 25.7 Å². The van der Waals surface area contributed by atoms with E-state index in [0.29, 0.717) is 5.92 Å². The summed E-state index contributed by atoms with van der Waals surface area (Å²) in [5.41, 5.74) is -0.399. The molecule has 0 atom stereocenters. The Kier molecular flexibility index (Phi) is 7.75. The Hall–Kier alpha value is -0.0800. The molecule has 0 radical (unpaired) electrons. The molecule has 0 aromatic carbocycles. The van der Waals surface area contributed by atoms with Gasteiger partial charge in [0.05, 0.1) is 5.60 Å². The fraction of sp³-hybridized carbons (Fsp3) is 1.00. The van der Waals surface area contributed by atoms with Crippen LogP contribution in [0.2, 0.25) is 0 Å². The fourth-order valence-electron chi connectivity index (χ4n) is 1.88. The molecule has 0 fully saturated rings. The first kappa shape index (κ1) is 14.4. The maximum Gasteiger partial charge on any atom is 0.0670 e. The minimum absolute atomic E-state index is 0. The summed E-state index contributed by atoms with van der Waals surface area (Å²) in [5, 5.41) is 10.1. The lowest BCUT2D eigenvalue weighted by Crippen LogP contribution is -2.35. The maximum absolute atomic E-state index is 10.1. The molecule has 0 saturated heterocycles. The molecule has 0 heterocycles. The quantitative estimate of drug-likeness (QED) is 0.674. The molecule has 2 nitrogen and oxygen atoms in total. The van der Waals surface area contributed by atoms with Crippen LogP contribution in [0.1, 0.15) is 53.4 Å². The SMILES string of the molecule is CCC(CC)C(O)(CC)CC.N. The van der Waals surface area contributed by atoms with Gasteiger partial charge in [-0.2, -0.15) is 0 Å². The Morgan fingerprint density at radius 2 is 1.33 bits per heavy atom. The van der Waals surface area contributed by atoms with Crippen molar-refractivity contribution in [3.63, 3.8) is 0 Å². The van der Waals surface area contributed by atoms with Crippen LogP contribution in [0.4, 0.5) is 0 Å². The standard InChI is InChI=1S/C10H22O.H3N/c1-5-9(6-2)10(11,7-3)8-4;/h9,11H,5-8H2,1-4H3;1H3. The van der Waals surface area contributed by atoms with Gasteiger partial charge < -0.3 is 11.3 Å². The third-order valence-corrected chi connectivity index (χ3v) is 2.97. The number of aliphatic hydroxyl groups is 1. The highest BCUT2D eigenvalue weighted by atomic mass is 16.3. The largest absolute Gasteiger partial charge is 0.390 e. The van der Waals surface area contributed by atoms with Crippen LogP contribution in [0, 0.1) is 5.92 Å². The van der Waals surface area contributed by atoms with Gasteiger partial charge in [0, 0.05) is 0 Å². The van der Waals surface area contributed by atoms with Gasteiger partial charge in [-0.1, -0.05) is 40.5 Å². The smallest absolute Gasteiger partial charge is 0.0670 e. The summed E-state index contributed by atoms with van der Waals surface area (Å²) in [5.74, 6) is 0.484. The molecule has 0 amide bonds. The van der Waals surface area contributed by atoms with Gasteiger partial charge in [-0.05, 0) is 18.8 Å². The molecule has 0 saturated carbocycles. The van der Waals surface area contributed by atoms with Gasteiger partial charge in [-0.3, -0.25) is 0 Å². The Bertz CT molecular complexity index is 96.0. The molecule has 0 unspecified atom stereocenters. The molecule has 0 bridgehead atoms. The van der Waals surface area contributed by atoms with Crippen LogP contribution in [-0.2, 0) is 0 Å². The summed E-state index contributed by atoms with van der Waals surface area (Å²) in [6, 6.07) is 0. The molecular weight excluding hydrogens is 150 g/mol. The van der Waals surface area contributed by atoms with E-state index in [4.69, 9.17) is 0 Å². The first-order chi connectivity index (χ1) is 5.14. The Balaban J connectivity index is 0. The summed E-state index contributed by atoms with van der Waals surface area (Å²) in [4.78, 5) is 0. The van der Waals surface area contributed by atoms with Crippen molar-refractivity contribution in [3.05, 3.63) is 0 Å². The second kappa shape index (κ2) is 6.44. The summed E-state index contributed by atoms with van der Waals surface area (Å²) in [6.07, 6.45) is 3.95. The average Bonchev–Trinajstić information content (AvgIpc) is 2.06. The molecular formula is C10H25NO. The van der Waals surface area contributed by atoms with Gasteiger partial charge in [-0.15, -0.1) is 0 Å². The van der Waals surface area contributed by atoms with E-state index >= 15 is 0 Å². The maximum atomic E-state index is 10.1. The first-order valence-corrected chi connectivity index (χ1v) is 4.86. The third kappa shape index (κ3) is 3.11. The van der Waals surface area contributed by atoms with Gasteiger partial charge >= 0.3 is 0 Å². The van der Waals surface area contributed by atoms with Crippen molar-refractivity contribution < 1.29 is 5.11 Å². The van der Waals surface area contributed by atoms with E-state index in [1.165, 1.54) is 0 Å². The van der Waals surface area contributed by atoms with Crippen molar-refractivity contribution in [1.82, 2.24) is 6.15 Å². The van der Waals surface area contributed by atoms with Gasteiger partial charge in [0.15, 0.2) is 0 Å². The van der Waals surface area contributed by atoms with Gasteiger partial charge in [-0.25, -0.2) is 0 Å². The van der Waals surface area contributed by atoms with E-state index in [1.807, 2.05) is 0 Å². The van der Waals surface area contributed by atoms with Crippen molar-refractivity contribution in [2.75, 3.05) is 0 Å². The van der Waals surface area contributed by atoms with Crippen LogP contribution in [0.15, 0.2) is 0 Å². The van der Waals surface area contributed by atoms with Crippen molar-refractivity contribution in [1.29, 1.82) is 0 Å². The highest BCUT2D eigenvalue weighted by Gasteiger charge is 2.30. The molecule has 0 aliphatic heterocycles. The van der Waals surface area contributed by atoms with E-state index < -0.39 is 5.60 Å². The summed E-state index contributed by atoms with van der Waals surface area (Å²) in [7, 11) is 0. The van der Waals surface area contributed by atoms with Crippen LogP contribution in [0.5, 0.6) is 0 Å². The highest BCUT2D eigenvalue weighted by Crippen LogP contribution is 2.29.